The summed E-state index contributed by atoms with van der Waals surface area (Å²) in [6, 6.07) is 0. The van der Waals surface area contributed by atoms with Crippen LogP contribution in [0.15, 0.2) is 12.2 Å². The minimum absolute atomic E-state index is 0. The van der Waals surface area contributed by atoms with Crippen LogP contribution in [0.5, 0.6) is 0 Å². The Morgan fingerprint density at radius 3 is 1.19 bits per heavy atom. The van der Waals surface area contributed by atoms with Gasteiger partial charge in [0.25, 0.3) is 0 Å². The second-order valence-electron chi connectivity index (χ2n) is 4.03. The molecule has 0 saturated carbocycles. The standard InChI is InChI=1S/C5H10O.C4H10.C4H8.2CH4/c1-4-5(2,3)6-4;2*1-3-4-2;;/h4H,1-3H3;3-4H2,1-2H3;3-4H,1-2H3;2*1H4/b;;4-3-;;. The van der Waals surface area contributed by atoms with Crippen LogP contribution >= 0.6 is 0 Å². The number of ether oxygens (including phenoxy) is 1. The molecule has 0 aliphatic carbocycles. The van der Waals surface area contributed by atoms with Gasteiger partial charge in [-0.1, -0.05) is 53.7 Å². The lowest BCUT2D eigenvalue weighted by Crippen LogP contribution is -1.97. The van der Waals surface area contributed by atoms with E-state index in [0.717, 1.165) is 0 Å². The number of hydrogen-bond acceptors (Lipinski definition) is 1. The summed E-state index contributed by atoms with van der Waals surface area (Å²) >= 11 is 0. The Morgan fingerprint density at radius 2 is 1.19 bits per heavy atom. The van der Waals surface area contributed by atoms with Crippen LogP contribution in [0.3, 0.4) is 0 Å². The highest BCUT2D eigenvalue weighted by atomic mass is 16.6. The number of hydrogen-bond donors (Lipinski definition) is 0. The van der Waals surface area contributed by atoms with Gasteiger partial charge in [0.2, 0.25) is 0 Å². The summed E-state index contributed by atoms with van der Waals surface area (Å²) in [5, 5.41) is 0. The summed E-state index contributed by atoms with van der Waals surface area (Å²) < 4.78 is 5.10. The zero-order chi connectivity index (χ0) is 11.6. The molecule has 0 aromatic heterocycles. The van der Waals surface area contributed by atoms with E-state index in [0.29, 0.717) is 6.10 Å². The number of rotatable bonds is 1. The van der Waals surface area contributed by atoms with Crippen molar-refractivity contribution in [2.45, 2.75) is 87.9 Å². The first-order valence-corrected chi connectivity index (χ1v) is 5.71. The fourth-order valence-corrected chi connectivity index (χ4v) is 0.422. The molecule has 0 radical (unpaired) electrons. The van der Waals surface area contributed by atoms with Gasteiger partial charge in [-0.05, 0) is 34.6 Å². The molecule has 0 bridgehead atoms. The van der Waals surface area contributed by atoms with Crippen LogP contribution in [0.25, 0.3) is 0 Å². The van der Waals surface area contributed by atoms with Crippen LogP contribution < -0.4 is 0 Å². The van der Waals surface area contributed by atoms with Gasteiger partial charge in [0.05, 0.1) is 11.7 Å². The van der Waals surface area contributed by atoms with Gasteiger partial charge in [-0.25, -0.2) is 0 Å². The molecule has 1 aliphatic rings. The molecule has 102 valence electrons. The SMILES string of the molecule is C.C.C/C=C\C.CC1OC1(C)C.CCCC. The molecular weight excluding hydrogens is 196 g/mol. The van der Waals surface area contributed by atoms with E-state index >= 15 is 0 Å². The maximum atomic E-state index is 5.10. The van der Waals surface area contributed by atoms with Gasteiger partial charge in [-0.2, -0.15) is 0 Å². The Hall–Kier alpha value is -0.300. The van der Waals surface area contributed by atoms with E-state index in [2.05, 4.69) is 34.6 Å². The molecule has 0 spiro atoms. The van der Waals surface area contributed by atoms with E-state index in [4.69, 9.17) is 4.74 Å². The molecule has 16 heavy (non-hydrogen) atoms. The van der Waals surface area contributed by atoms with Crippen LogP contribution in [-0.4, -0.2) is 11.7 Å². The van der Waals surface area contributed by atoms with Crippen molar-refractivity contribution in [1.82, 2.24) is 0 Å². The second kappa shape index (κ2) is 14.7. The van der Waals surface area contributed by atoms with E-state index in [1.54, 1.807) is 0 Å². The van der Waals surface area contributed by atoms with Gasteiger partial charge in [0.1, 0.15) is 0 Å². The van der Waals surface area contributed by atoms with Crippen LogP contribution in [0.4, 0.5) is 0 Å². The predicted molar refractivity (Wildman–Crippen MR) is 79.2 cm³/mol. The van der Waals surface area contributed by atoms with Crippen molar-refractivity contribution in [3.8, 4) is 0 Å². The van der Waals surface area contributed by atoms with Crippen molar-refractivity contribution < 1.29 is 4.74 Å². The number of epoxide rings is 1. The third kappa shape index (κ3) is 19.3. The fourth-order valence-electron chi connectivity index (χ4n) is 0.422. The lowest BCUT2D eigenvalue weighted by atomic mass is 10.2. The highest BCUT2D eigenvalue weighted by Gasteiger charge is 2.43. The summed E-state index contributed by atoms with van der Waals surface area (Å²) in [6.45, 7) is 14.6. The summed E-state index contributed by atoms with van der Waals surface area (Å²) in [7, 11) is 0. The van der Waals surface area contributed by atoms with E-state index < -0.39 is 0 Å². The summed E-state index contributed by atoms with van der Waals surface area (Å²) in [5.41, 5.74) is 0.208. The monoisotopic (exact) mass is 232 g/mol. The zero-order valence-corrected chi connectivity index (χ0v) is 11.1. The van der Waals surface area contributed by atoms with Crippen molar-refractivity contribution in [1.29, 1.82) is 0 Å². The van der Waals surface area contributed by atoms with Crippen molar-refractivity contribution >= 4 is 0 Å². The molecule has 1 heterocycles. The minimum Gasteiger partial charge on any atom is -0.367 e. The van der Waals surface area contributed by atoms with E-state index in [-0.39, 0.29) is 20.5 Å². The molecule has 1 saturated heterocycles. The van der Waals surface area contributed by atoms with Crippen molar-refractivity contribution in [3.05, 3.63) is 12.2 Å². The number of unbranched alkanes of at least 4 members (excludes halogenated alkanes) is 1. The Balaban J connectivity index is -0.0000000660. The molecule has 0 aromatic carbocycles. The van der Waals surface area contributed by atoms with Crippen LogP contribution in [-0.2, 0) is 4.74 Å². The Morgan fingerprint density at radius 1 is 1.00 bits per heavy atom. The largest absolute Gasteiger partial charge is 0.367 e. The zero-order valence-electron chi connectivity index (χ0n) is 11.1. The normalized spacial score (nSPS) is 19.1. The van der Waals surface area contributed by atoms with Crippen LogP contribution in [0.2, 0.25) is 0 Å². The van der Waals surface area contributed by atoms with Crippen LogP contribution in [0, 0.1) is 0 Å². The molecule has 1 rings (SSSR count). The molecule has 1 nitrogen and oxygen atoms in total. The van der Waals surface area contributed by atoms with Crippen molar-refractivity contribution in [3.63, 3.8) is 0 Å². The Bertz CT molecular complexity index is 130. The van der Waals surface area contributed by atoms with Gasteiger partial charge in [0.15, 0.2) is 0 Å². The lowest BCUT2D eigenvalue weighted by molar-refractivity contribution is 0.328. The van der Waals surface area contributed by atoms with Crippen LogP contribution in [0.1, 0.15) is 76.2 Å². The fraction of sp³-hybridized carbons (Fsp3) is 0.867. The molecule has 1 heteroatoms. The summed E-state index contributed by atoms with van der Waals surface area (Å²) in [6.07, 6.45) is 7.14. The highest BCUT2D eigenvalue weighted by molar-refractivity contribution is 4.90. The molecule has 0 amide bonds. The van der Waals surface area contributed by atoms with Crippen molar-refractivity contribution in [2.75, 3.05) is 0 Å². The number of allylic oxidation sites excluding steroid dienone is 2. The maximum absolute atomic E-state index is 5.10. The third-order valence-corrected chi connectivity index (χ3v) is 2.24. The van der Waals surface area contributed by atoms with E-state index in [9.17, 15) is 0 Å². The molecular formula is C15H36O. The van der Waals surface area contributed by atoms with Gasteiger partial charge in [-0.3, -0.25) is 0 Å². The first-order valence-electron chi connectivity index (χ1n) is 5.71. The predicted octanol–water partition coefficient (Wildman–Crippen LogP) is 5.84. The third-order valence-electron chi connectivity index (χ3n) is 2.24. The van der Waals surface area contributed by atoms with E-state index in [1.807, 2.05) is 26.0 Å². The molecule has 1 aliphatic heterocycles. The maximum Gasteiger partial charge on any atom is 0.0889 e. The molecule has 1 atom stereocenters. The molecule has 0 N–H and O–H groups in total. The molecule has 1 unspecified atom stereocenters. The van der Waals surface area contributed by atoms with Gasteiger partial charge in [0, 0.05) is 0 Å². The molecule has 1 fully saturated rings. The van der Waals surface area contributed by atoms with Gasteiger partial charge >= 0.3 is 0 Å². The topological polar surface area (TPSA) is 12.5 Å². The average molecular weight is 232 g/mol. The minimum atomic E-state index is 0. The Labute approximate surface area is 105 Å². The summed E-state index contributed by atoms with van der Waals surface area (Å²) in [5.74, 6) is 0. The first kappa shape index (κ1) is 24.8. The smallest absolute Gasteiger partial charge is 0.0889 e. The van der Waals surface area contributed by atoms with Gasteiger partial charge < -0.3 is 4.74 Å². The van der Waals surface area contributed by atoms with E-state index in [1.165, 1.54) is 12.8 Å². The van der Waals surface area contributed by atoms with Gasteiger partial charge in [-0.15, -0.1) is 0 Å². The quantitative estimate of drug-likeness (QED) is 0.408. The second-order valence-corrected chi connectivity index (χ2v) is 4.03. The highest BCUT2D eigenvalue weighted by Crippen LogP contribution is 2.33. The average Bonchev–Trinajstić information content (AvgIpc) is 2.72. The first-order chi connectivity index (χ1) is 6.46. The van der Waals surface area contributed by atoms with Crippen molar-refractivity contribution in [2.24, 2.45) is 0 Å². The summed E-state index contributed by atoms with van der Waals surface area (Å²) in [4.78, 5) is 0. The Kier molecular flexibility index (Phi) is 22.8. The molecule has 0 aromatic rings. The lowest BCUT2D eigenvalue weighted by Gasteiger charge is -1.84.